The normalized spacial score (nSPS) is 9.96. The second kappa shape index (κ2) is 8.94. The van der Waals surface area contributed by atoms with Crippen LogP contribution < -0.4 is 4.90 Å². The molecule has 2 aromatic rings. The molecule has 0 aliphatic heterocycles. The van der Waals surface area contributed by atoms with Crippen molar-refractivity contribution in [3.8, 4) is 6.07 Å². The van der Waals surface area contributed by atoms with Crippen LogP contribution in [-0.4, -0.2) is 25.0 Å². The third-order valence-electron chi connectivity index (χ3n) is 3.31. The van der Waals surface area contributed by atoms with Crippen molar-refractivity contribution < 1.29 is 18.7 Å². The first-order valence-electron chi connectivity index (χ1n) is 7.38. The molecule has 0 saturated heterocycles. The zero-order chi connectivity index (χ0) is 18.2. The number of rotatable bonds is 6. The van der Waals surface area contributed by atoms with E-state index in [1.807, 2.05) is 6.07 Å². The van der Waals surface area contributed by atoms with E-state index < -0.39 is 24.3 Å². The van der Waals surface area contributed by atoms with Gasteiger partial charge in [0.1, 0.15) is 5.82 Å². The van der Waals surface area contributed by atoms with Crippen LogP contribution in [-0.2, 0) is 9.53 Å². The fourth-order valence-corrected chi connectivity index (χ4v) is 2.57. The molecule has 0 bridgehead atoms. The maximum atomic E-state index is 14.0. The SMILES string of the molecule is N#CCCN(C(=O)COC(=O)c1ccccc1Br)c1ccccc1F. The second-order valence-electron chi connectivity index (χ2n) is 4.96. The van der Waals surface area contributed by atoms with Crippen LogP contribution in [0.5, 0.6) is 0 Å². The highest BCUT2D eigenvalue weighted by atomic mass is 79.9. The highest BCUT2D eigenvalue weighted by Crippen LogP contribution is 2.20. The molecule has 2 aromatic carbocycles. The van der Waals surface area contributed by atoms with Gasteiger partial charge in [-0.25, -0.2) is 9.18 Å². The van der Waals surface area contributed by atoms with E-state index in [-0.39, 0.29) is 24.2 Å². The van der Waals surface area contributed by atoms with Gasteiger partial charge in [0.2, 0.25) is 0 Å². The van der Waals surface area contributed by atoms with Crippen molar-refractivity contribution in [2.45, 2.75) is 6.42 Å². The molecule has 1 amide bonds. The molecule has 0 unspecified atom stereocenters. The largest absolute Gasteiger partial charge is 0.452 e. The van der Waals surface area contributed by atoms with E-state index in [9.17, 15) is 14.0 Å². The summed E-state index contributed by atoms with van der Waals surface area (Å²) < 4.78 is 19.5. The number of benzene rings is 2. The Morgan fingerprint density at radius 1 is 1.16 bits per heavy atom. The van der Waals surface area contributed by atoms with Gasteiger partial charge in [-0.2, -0.15) is 5.26 Å². The van der Waals surface area contributed by atoms with Gasteiger partial charge < -0.3 is 9.64 Å². The van der Waals surface area contributed by atoms with Gasteiger partial charge in [0.05, 0.1) is 23.7 Å². The lowest BCUT2D eigenvalue weighted by Gasteiger charge is -2.22. The van der Waals surface area contributed by atoms with Crippen molar-refractivity contribution in [1.29, 1.82) is 5.26 Å². The number of carbonyl (C=O) groups is 2. The van der Waals surface area contributed by atoms with Crippen LogP contribution in [0, 0.1) is 17.1 Å². The summed E-state index contributed by atoms with van der Waals surface area (Å²) in [4.78, 5) is 25.5. The predicted octanol–water partition coefficient (Wildman–Crippen LogP) is 3.69. The third kappa shape index (κ3) is 4.88. The van der Waals surface area contributed by atoms with Crippen molar-refractivity contribution >= 4 is 33.5 Å². The summed E-state index contributed by atoms with van der Waals surface area (Å²) in [5, 5.41) is 8.74. The first-order valence-corrected chi connectivity index (χ1v) is 8.17. The summed E-state index contributed by atoms with van der Waals surface area (Å²) in [6.45, 7) is -0.553. The molecule has 0 aromatic heterocycles. The number of ether oxygens (including phenoxy) is 1. The Hall–Kier alpha value is -2.72. The average molecular weight is 405 g/mol. The Labute approximate surface area is 152 Å². The van der Waals surface area contributed by atoms with Crippen LogP contribution in [0.3, 0.4) is 0 Å². The fourth-order valence-electron chi connectivity index (χ4n) is 2.12. The summed E-state index contributed by atoms with van der Waals surface area (Å²) in [5.74, 6) is -1.87. The van der Waals surface area contributed by atoms with Gasteiger partial charge >= 0.3 is 5.97 Å². The van der Waals surface area contributed by atoms with Gasteiger partial charge in [0.25, 0.3) is 5.91 Å². The van der Waals surface area contributed by atoms with Crippen LogP contribution in [0.15, 0.2) is 53.0 Å². The lowest BCUT2D eigenvalue weighted by atomic mass is 10.2. The van der Waals surface area contributed by atoms with E-state index in [0.717, 1.165) is 4.90 Å². The molecule has 0 saturated carbocycles. The number of hydrogen-bond donors (Lipinski definition) is 0. The summed E-state index contributed by atoms with van der Waals surface area (Å²) in [5.41, 5.74) is 0.324. The highest BCUT2D eigenvalue weighted by molar-refractivity contribution is 9.10. The number of nitriles is 1. The lowest BCUT2D eigenvalue weighted by molar-refractivity contribution is -0.121. The van der Waals surface area contributed by atoms with Gasteiger partial charge in [-0.1, -0.05) is 24.3 Å². The molecular weight excluding hydrogens is 391 g/mol. The van der Waals surface area contributed by atoms with Gasteiger partial charge in [-0.3, -0.25) is 4.79 Å². The van der Waals surface area contributed by atoms with Gasteiger partial charge in [0.15, 0.2) is 6.61 Å². The summed E-state index contributed by atoms with van der Waals surface area (Å²) in [6, 6.07) is 14.3. The molecule has 0 N–H and O–H groups in total. The molecule has 0 radical (unpaired) electrons. The first kappa shape index (κ1) is 18.6. The molecule has 0 aliphatic carbocycles. The van der Waals surface area contributed by atoms with E-state index >= 15 is 0 Å². The maximum Gasteiger partial charge on any atom is 0.339 e. The highest BCUT2D eigenvalue weighted by Gasteiger charge is 2.21. The van der Waals surface area contributed by atoms with Gasteiger partial charge in [0, 0.05) is 11.0 Å². The number of halogens is 2. The zero-order valence-corrected chi connectivity index (χ0v) is 14.7. The number of amides is 1. The molecular formula is C18H14BrFN2O3. The van der Waals surface area contributed by atoms with E-state index in [2.05, 4.69) is 15.9 Å². The number of hydrogen-bond acceptors (Lipinski definition) is 4. The summed E-state index contributed by atoms with van der Waals surface area (Å²) in [7, 11) is 0. The number of carbonyl (C=O) groups excluding carboxylic acids is 2. The molecule has 0 spiro atoms. The third-order valence-corrected chi connectivity index (χ3v) is 4.00. The Balaban J connectivity index is 2.10. The molecule has 2 rings (SSSR count). The van der Waals surface area contributed by atoms with Crippen LogP contribution in [0.2, 0.25) is 0 Å². The quantitative estimate of drug-likeness (QED) is 0.688. The smallest absolute Gasteiger partial charge is 0.339 e. The van der Waals surface area contributed by atoms with Crippen LogP contribution in [0.4, 0.5) is 10.1 Å². The predicted molar refractivity (Wildman–Crippen MR) is 93.4 cm³/mol. The van der Waals surface area contributed by atoms with Crippen LogP contribution in [0.1, 0.15) is 16.8 Å². The number of para-hydroxylation sites is 1. The van der Waals surface area contributed by atoms with Crippen molar-refractivity contribution in [3.05, 3.63) is 64.4 Å². The molecule has 0 aliphatic rings. The summed E-state index contributed by atoms with van der Waals surface area (Å²) >= 11 is 3.23. The first-order chi connectivity index (χ1) is 12.0. The van der Waals surface area contributed by atoms with E-state index in [1.165, 1.54) is 18.2 Å². The molecule has 7 heteroatoms. The molecule has 25 heavy (non-hydrogen) atoms. The van der Waals surface area contributed by atoms with Crippen molar-refractivity contribution in [2.75, 3.05) is 18.1 Å². The Morgan fingerprint density at radius 2 is 1.84 bits per heavy atom. The average Bonchev–Trinajstić information content (AvgIpc) is 2.61. The van der Waals surface area contributed by atoms with Gasteiger partial charge in [-0.15, -0.1) is 0 Å². The standard InChI is InChI=1S/C18H14BrFN2O3/c19-14-7-2-1-6-13(14)18(24)25-12-17(23)22(11-5-10-21)16-9-4-3-8-15(16)20/h1-4,6-9H,5,11-12H2. The molecule has 0 fully saturated rings. The van der Waals surface area contributed by atoms with Crippen LogP contribution in [0.25, 0.3) is 0 Å². The maximum absolute atomic E-state index is 14.0. The molecule has 0 atom stereocenters. The van der Waals surface area contributed by atoms with Crippen LogP contribution >= 0.6 is 15.9 Å². The topological polar surface area (TPSA) is 70.4 Å². The van der Waals surface area contributed by atoms with Crippen molar-refractivity contribution in [3.63, 3.8) is 0 Å². The van der Waals surface area contributed by atoms with Crippen molar-refractivity contribution in [1.82, 2.24) is 0 Å². The minimum absolute atomic E-state index is 0.00283. The van der Waals surface area contributed by atoms with E-state index in [1.54, 1.807) is 30.3 Å². The van der Waals surface area contributed by atoms with Gasteiger partial charge in [-0.05, 0) is 40.2 Å². The molecule has 5 nitrogen and oxygen atoms in total. The van der Waals surface area contributed by atoms with Crippen molar-refractivity contribution in [2.24, 2.45) is 0 Å². The zero-order valence-electron chi connectivity index (χ0n) is 13.1. The number of esters is 1. The summed E-state index contributed by atoms with van der Waals surface area (Å²) in [6.07, 6.45) is 0.0260. The molecule has 128 valence electrons. The Kier molecular flexibility index (Phi) is 6.66. The lowest BCUT2D eigenvalue weighted by Crippen LogP contribution is -2.36. The Bertz CT molecular complexity index is 820. The Morgan fingerprint density at radius 3 is 2.52 bits per heavy atom. The minimum Gasteiger partial charge on any atom is -0.452 e. The van der Waals surface area contributed by atoms with E-state index in [0.29, 0.717) is 4.47 Å². The molecule has 0 heterocycles. The number of anilines is 1. The fraction of sp³-hybridized carbons (Fsp3) is 0.167. The minimum atomic E-state index is -0.672. The number of nitrogens with zero attached hydrogens (tertiary/aromatic N) is 2. The van der Waals surface area contributed by atoms with E-state index in [4.69, 9.17) is 10.00 Å². The monoisotopic (exact) mass is 404 g/mol. The second-order valence-corrected chi connectivity index (χ2v) is 5.82.